The van der Waals surface area contributed by atoms with Gasteiger partial charge in [-0.15, -0.1) is 0 Å². The van der Waals surface area contributed by atoms with Crippen molar-refractivity contribution < 1.29 is 22.6 Å². The lowest BCUT2D eigenvalue weighted by atomic mass is 10.2. The Labute approximate surface area is 158 Å². The second-order valence-electron chi connectivity index (χ2n) is 5.75. The zero-order valence-corrected chi connectivity index (χ0v) is 16.1. The molecule has 0 aliphatic carbocycles. The molecule has 140 valence electrons. The van der Waals surface area contributed by atoms with E-state index >= 15 is 0 Å². The number of sulfonamides is 1. The van der Waals surface area contributed by atoms with E-state index in [0.717, 1.165) is 0 Å². The van der Waals surface area contributed by atoms with E-state index in [0.29, 0.717) is 23.8 Å². The summed E-state index contributed by atoms with van der Waals surface area (Å²) in [5.41, 5.74) is 0. The maximum Gasteiger partial charge on any atom is 0.243 e. The zero-order chi connectivity index (χ0) is 18.7. The van der Waals surface area contributed by atoms with Gasteiger partial charge in [0.05, 0.1) is 23.6 Å². The summed E-state index contributed by atoms with van der Waals surface area (Å²) in [5, 5.41) is 0.246. The average Bonchev–Trinajstić information content (AvgIpc) is 2.65. The van der Waals surface area contributed by atoms with Crippen LogP contribution in [0.15, 0.2) is 47.4 Å². The normalized spacial score (nSPS) is 16.5. The van der Waals surface area contributed by atoms with Gasteiger partial charge in [0.25, 0.3) is 0 Å². The highest BCUT2D eigenvalue weighted by Crippen LogP contribution is 2.32. The first-order valence-electron chi connectivity index (χ1n) is 8.18. The van der Waals surface area contributed by atoms with E-state index in [2.05, 4.69) is 0 Å². The van der Waals surface area contributed by atoms with Crippen LogP contribution < -0.4 is 14.2 Å². The molecule has 0 saturated heterocycles. The number of likely N-dealkylation sites (N-methyl/N-ethyl adjacent to an activating group) is 1. The van der Waals surface area contributed by atoms with Gasteiger partial charge >= 0.3 is 0 Å². The molecule has 0 fully saturated rings. The van der Waals surface area contributed by atoms with E-state index in [4.69, 9.17) is 25.8 Å². The van der Waals surface area contributed by atoms with Crippen molar-refractivity contribution in [1.29, 1.82) is 0 Å². The van der Waals surface area contributed by atoms with Crippen molar-refractivity contribution in [3.63, 3.8) is 0 Å². The fourth-order valence-electron chi connectivity index (χ4n) is 2.73. The number of halogens is 1. The topological polar surface area (TPSA) is 65.1 Å². The minimum atomic E-state index is -3.72. The van der Waals surface area contributed by atoms with Crippen LogP contribution in [-0.4, -0.2) is 45.6 Å². The van der Waals surface area contributed by atoms with Crippen molar-refractivity contribution in [1.82, 2.24) is 4.31 Å². The van der Waals surface area contributed by atoms with Crippen LogP contribution in [-0.2, 0) is 10.0 Å². The largest absolute Gasteiger partial charge is 0.495 e. The van der Waals surface area contributed by atoms with Crippen LogP contribution >= 0.6 is 11.6 Å². The summed E-state index contributed by atoms with van der Waals surface area (Å²) < 4.78 is 43.9. The predicted octanol–water partition coefficient (Wildman–Crippen LogP) is 3.20. The van der Waals surface area contributed by atoms with Crippen LogP contribution in [0, 0.1) is 0 Å². The molecule has 1 atom stereocenters. The van der Waals surface area contributed by atoms with Crippen molar-refractivity contribution in [2.24, 2.45) is 0 Å². The van der Waals surface area contributed by atoms with E-state index in [1.165, 1.54) is 23.5 Å². The highest BCUT2D eigenvalue weighted by molar-refractivity contribution is 7.89. The van der Waals surface area contributed by atoms with Crippen molar-refractivity contribution in [3.8, 4) is 17.2 Å². The first-order chi connectivity index (χ1) is 12.5. The van der Waals surface area contributed by atoms with Gasteiger partial charge in [0.15, 0.2) is 11.5 Å². The minimum absolute atomic E-state index is 0.113. The molecule has 3 rings (SSSR count). The third kappa shape index (κ3) is 3.75. The van der Waals surface area contributed by atoms with Crippen LogP contribution in [0.1, 0.15) is 6.92 Å². The van der Waals surface area contributed by atoms with Crippen molar-refractivity contribution in [2.45, 2.75) is 17.9 Å². The first kappa shape index (κ1) is 18.8. The quantitative estimate of drug-likeness (QED) is 0.748. The molecule has 26 heavy (non-hydrogen) atoms. The fraction of sp³-hybridized carbons (Fsp3) is 0.333. The molecule has 0 bridgehead atoms. The summed E-state index contributed by atoms with van der Waals surface area (Å²) in [6.07, 6.45) is -0.395. The molecule has 2 aromatic rings. The maximum atomic E-state index is 13.0. The van der Waals surface area contributed by atoms with Gasteiger partial charge in [-0.25, -0.2) is 8.42 Å². The molecule has 1 unspecified atom stereocenters. The Kier molecular flexibility index (Phi) is 5.60. The summed E-state index contributed by atoms with van der Waals surface area (Å²) in [4.78, 5) is 0.113. The van der Waals surface area contributed by atoms with E-state index < -0.39 is 16.1 Å². The first-order valence-corrected chi connectivity index (χ1v) is 9.99. The van der Waals surface area contributed by atoms with Crippen molar-refractivity contribution in [3.05, 3.63) is 47.5 Å². The molecule has 0 radical (unpaired) electrons. The Balaban J connectivity index is 1.79. The molecular formula is C18H20ClNO5S. The van der Waals surface area contributed by atoms with Crippen LogP contribution in [0.2, 0.25) is 5.02 Å². The predicted molar refractivity (Wildman–Crippen MR) is 98.8 cm³/mol. The van der Waals surface area contributed by atoms with Crippen LogP contribution in [0.25, 0.3) is 0 Å². The van der Waals surface area contributed by atoms with Crippen molar-refractivity contribution >= 4 is 21.6 Å². The summed E-state index contributed by atoms with van der Waals surface area (Å²) >= 11 is 6.08. The molecule has 0 N–H and O–H groups in total. The van der Waals surface area contributed by atoms with Gasteiger partial charge in [0.1, 0.15) is 18.5 Å². The number of rotatable bonds is 6. The van der Waals surface area contributed by atoms with Gasteiger partial charge in [-0.05, 0) is 30.3 Å². The third-order valence-corrected chi connectivity index (χ3v) is 6.32. The molecule has 0 amide bonds. The Morgan fingerprint density at radius 3 is 2.62 bits per heavy atom. The Hall–Kier alpha value is -1.96. The number of hydrogen-bond donors (Lipinski definition) is 0. The zero-order valence-electron chi connectivity index (χ0n) is 14.5. The molecule has 1 aliphatic rings. The SMILES string of the molecule is CCN(CC1COc2ccccc2O1)S(=O)(=O)c1ccc(OC)c(Cl)c1. The second kappa shape index (κ2) is 7.73. The number of hydrogen-bond acceptors (Lipinski definition) is 5. The van der Waals surface area contributed by atoms with E-state index in [1.807, 2.05) is 18.2 Å². The summed E-state index contributed by atoms with van der Waals surface area (Å²) in [5.74, 6) is 1.70. The third-order valence-electron chi connectivity index (χ3n) is 4.09. The molecule has 0 saturated carbocycles. The molecule has 0 aromatic heterocycles. The van der Waals surface area contributed by atoms with Crippen LogP contribution in [0.5, 0.6) is 17.2 Å². The minimum Gasteiger partial charge on any atom is -0.495 e. The highest BCUT2D eigenvalue weighted by Gasteiger charge is 2.30. The van der Waals surface area contributed by atoms with Gasteiger partial charge in [0, 0.05) is 6.54 Å². The lowest BCUT2D eigenvalue weighted by Crippen LogP contribution is -2.43. The van der Waals surface area contributed by atoms with Gasteiger partial charge in [-0.1, -0.05) is 30.7 Å². The molecule has 0 spiro atoms. The molecule has 1 heterocycles. The van der Waals surface area contributed by atoms with Gasteiger partial charge in [-0.3, -0.25) is 0 Å². The summed E-state index contributed by atoms with van der Waals surface area (Å²) in [7, 11) is -2.24. The Morgan fingerprint density at radius 1 is 1.23 bits per heavy atom. The van der Waals surface area contributed by atoms with Gasteiger partial charge < -0.3 is 14.2 Å². The standard InChI is InChI=1S/C18H20ClNO5S/c1-3-20(11-13-12-24-17-6-4-5-7-18(17)25-13)26(21,22)14-8-9-16(23-2)15(19)10-14/h4-10,13H,3,11-12H2,1-2H3. The monoisotopic (exact) mass is 397 g/mol. The molecule has 6 nitrogen and oxygen atoms in total. The second-order valence-corrected chi connectivity index (χ2v) is 8.09. The average molecular weight is 398 g/mol. The maximum absolute atomic E-state index is 13.0. The van der Waals surface area contributed by atoms with Crippen molar-refractivity contribution in [2.75, 3.05) is 26.8 Å². The number of nitrogens with zero attached hydrogens (tertiary/aromatic N) is 1. The van der Waals surface area contributed by atoms with Crippen LogP contribution in [0.4, 0.5) is 0 Å². The summed E-state index contributed by atoms with van der Waals surface area (Å²) in [6, 6.07) is 11.7. The number of ether oxygens (including phenoxy) is 3. The lowest BCUT2D eigenvalue weighted by molar-refractivity contribution is 0.0771. The van der Waals surface area contributed by atoms with E-state index in [1.54, 1.807) is 19.1 Å². The van der Waals surface area contributed by atoms with Crippen LogP contribution in [0.3, 0.4) is 0 Å². The van der Waals surface area contributed by atoms with Gasteiger partial charge in [0.2, 0.25) is 10.0 Å². The van der Waals surface area contributed by atoms with Gasteiger partial charge in [-0.2, -0.15) is 4.31 Å². The molecule has 8 heteroatoms. The smallest absolute Gasteiger partial charge is 0.243 e. The number of para-hydroxylation sites is 2. The molecular weight excluding hydrogens is 378 g/mol. The molecule has 2 aromatic carbocycles. The van der Waals surface area contributed by atoms with E-state index in [9.17, 15) is 8.42 Å². The fourth-order valence-corrected chi connectivity index (χ4v) is 4.56. The number of fused-ring (bicyclic) bond motifs is 1. The van der Waals surface area contributed by atoms with E-state index in [-0.39, 0.29) is 23.1 Å². The Bertz CT molecular complexity index is 887. The Morgan fingerprint density at radius 2 is 1.96 bits per heavy atom. The lowest BCUT2D eigenvalue weighted by Gasteiger charge is -2.30. The summed E-state index contributed by atoms with van der Waals surface area (Å²) in [6.45, 7) is 2.54. The molecule has 1 aliphatic heterocycles. The number of benzene rings is 2. The number of methoxy groups -OCH3 is 1. The highest BCUT2D eigenvalue weighted by atomic mass is 35.5.